The summed E-state index contributed by atoms with van der Waals surface area (Å²) in [6, 6.07) is 4.97. The number of hydrogen-bond acceptors (Lipinski definition) is 2. The Labute approximate surface area is 143 Å². The summed E-state index contributed by atoms with van der Waals surface area (Å²) in [5.41, 5.74) is -2.17. The monoisotopic (exact) mass is 381 g/mol. The number of benzene rings is 1. The topological polar surface area (TPSA) is 29.4 Å². The van der Waals surface area contributed by atoms with Crippen LogP contribution in [-0.4, -0.2) is 23.8 Å². The Hall–Kier alpha value is -2.09. The van der Waals surface area contributed by atoms with E-state index >= 15 is 0 Å². The Kier molecular flexibility index (Phi) is 5.13. The molecule has 0 spiro atoms. The molecule has 0 radical (unpaired) electrons. The fourth-order valence-electron chi connectivity index (χ4n) is 2.30. The Morgan fingerprint density at radius 3 is 2.08 bits per heavy atom. The molecule has 1 aromatic carbocycles. The van der Waals surface area contributed by atoms with E-state index in [1.54, 1.807) is 0 Å². The molecule has 0 aliphatic carbocycles. The van der Waals surface area contributed by atoms with E-state index in [4.69, 9.17) is 11.6 Å². The molecule has 1 aromatic rings. The van der Waals surface area contributed by atoms with Crippen LogP contribution in [0.2, 0.25) is 5.02 Å². The van der Waals surface area contributed by atoms with Gasteiger partial charge >= 0.3 is 12.4 Å². The molecule has 134 valence electrons. The van der Waals surface area contributed by atoms with Gasteiger partial charge in [-0.25, -0.2) is 0 Å². The average molecular weight is 382 g/mol. The number of rotatable bonds is 2. The van der Waals surface area contributed by atoms with Crippen molar-refractivity contribution in [2.24, 2.45) is 10.9 Å². The van der Waals surface area contributed by atoms with Crippen LogP contribution in [0.3, 0.4) is 0 Å². The maximum Gasteiger partial charge on any atom is 0.454 e. The molecule has 2 nitrogen and oxygen atoms in total. The van der Waals surface area contributed by atoms with E-state index in [2.05, 4.69) is 4.99 Å². The van der Waals surface area contributed by atoms with Gasteiger partial charge in [-0.1, -0.05) is 29.8 Å². The van der Waals surface area contributed by atoms with Gasteiger partial charge in [0.05, 0.1) is 5.71 Å². The van der Waals surface area contributed by atoms with Gasteiger partial charge in [-0.05, 0) is 30.7 Å². The fraction of sp³-hybridized carbons (Fsp3) is 0.250. The molecule has 0 fully saturated rings. The van der Waals surface area contributed by atoms with Crippen LogP contribution in [0.25, 0.3) is 0 Å². The van der Waals surface area contributed by atoms with E-state index in [1.165, 1.54) is 31.2 Å². The van der Waals surface area contributed by atoms with Gasteiger partial charge in [-0.15, -0.1) is 0 Å². The molecular weight excluding hydrogens is 372 g/mol. The highest BCUT2D eigenvalue weighted by Gasteiger charge is 2.53. The van der Waals surface area contributed by atoms with Crippen molar-refractivity contribution in [3.05, 3.63) is 58.3 Å². The molecule has 2 rings (SSSR count). The lowest BCUT2D eigenvalue weighted by molar-refractivity contribution is -0.173. The van der Waals surface area contributed by atoms with Crippen molar-refractivity contribution >= 4 is 23.1 Å². The summed E-state index contributed by atoms with van der Waals surface area (Å²) < 4.78 is 79.0. The zero-order chi connectivity index (χ0) is 19.0. The lowest BCUT2D eigenvalue weighted by atomic mass is 9.86. The number of hydrogen-bond donors (Lipinski definition) is 0. The minimum Gasteiger partial charge on any atom is -0.284 e. The molecule has 0 bridgehead atoms. The molecule has 0 saturated carbocycles. The molecular formula is C16H10ClF6NO. The van der Waals surface area contributed by atoms with E-state index in [9.17, 15) is 31.1 Å². The molecule has 0 aromatic heterocycles. The van der Waals surface area contributed by atoms with Crippen LogP contribution in [0.1, 0.15) is 12.5 Å². The van der Waals surface area contributed by atoms with Crippen molar-refractivity contribution in [1.82, 2.24) is 0 Å². The Bertz CT molecular complexity index is 771. The highest BCUT2D eigenvalue weighted by atomic mass is 35.5. The van der Waals surface area contributed by atoms with E-state index in [0.717, 1.165) is 6.08 Å². The lowest BCUT2D eigenvalue weighted by Gasteiger charge is -2.24. The van der Waals surface area contributed by atoms with Crippen LogP contribution in [-0.2, 0) is 4.79 Å². The molecule has 1 aliphatic heterocycles. The maximum atomic E-state index is 13.6. The smallest absolute Gasteiger partial charge is 0.284 e. The van der Waals surface area contributed by atoms with Gasteiger partial charge in [0.1, 0.15) is 5.92 Å². The second-order valence-electron chi connectivity index (χ2n) is 5.24. The first-order valence-corrected chi connectivity index (χ1v) is 7.20. The maximum absolute atomic E-state index is 13.6. The first-order valence-electron chi connectivity index (χ1n) is 6.82. The minimum atomic E-state index is -5.44. The Morgan fingerprint density at radius 1 is 1.04 bits per heavy atom. The fourth-order valence-corrected chi connectivity index (χ4v) is 2.43. The first-order chi connectivity index (χ1) is 11.4. The summed E-state index contributed by atoms with van der Waals surface area (Å²) in [6.45, 7) is 1.32. The zero-order valence-electron chi connectivity index (χ0n) is 12.5. The van der Waals surface area contributed by atoms with Crippen molar-refractivity contribution in [1.29, 1.82) is 0 Å². The van der Waals surface area contributed by atoms with Gasteiger partial charge in [-0.2, -0.15) is 26.3 Å². The van der Waals surface area contributed by atoms with E-state index < -0.39 is 35.3 Å². The predicted molar refractivity (Wildman–Crippen MR) is 80.4 cm³/mol. The van der Waals surface area contributed by atoms with Crippen molar-refractivity contribution in [2.75, 3.05) is 0 Å². The number of ketones is 1. The van der Waals surface area contributed by atoms with Crippen molar-refractivity contribution in [2.45, 2.75) is 19.3 Å². The van der Waals surface area contributed by atoms with Gasteiger partial charge in [0, 0.05) is 16.3 Å². The highest BCUT2D eigenvalue weighted by molar-refractivity contribution is 6.30. The van der Waals surface area contributed by atoms with Gasteiger partial charge in [-0.3, -0.25) is 9.79 Å². The third kappa shape index (κ3) is 4.31. The largest absolute Gasteiger partial charge is 0.454 e. The van der Waals surface area contributed by atoms with Gasteiger partial charge in [0.15, 0.2) is 0 Å². The van der Waals surface area contributed by atoms with E-state index in [0.29, 0.717) is 6.08 Å². The molecule has 0 amide bonds. The molecule has 1 atom stereocenters. The van der Waals surface area contributed by atoms with Crippen molar-refractivity contribution in [3.63, 3.8) is 0 Å². The van der Waals surface area contributed by atoms with Crippen LogP contribution in [0.15, 0.2) is 52.7 Å². The lowest BCUT2D eigenvalue weighted by Crippen LogP contribution is -2.39. The number of halogens is 7. The highest BCUT2D eigenvalue weighted by Crippen LogP contribution is 2.39. The SMILES string of the molecule is CC1=CC=C(C(=O)C(F)(F)F)C(C(F)(F)F)C(c2ccc(Cl)cc2)=N1. The van der Waals surface area contributed by atoms with Crippen LogP contribution in [0.4, 0.5) is 26.3 Å². The summed E-state index contributed by atoms with van der Waals surface area (Å²) in [7, 11) is 0. The summed E-state index contributed by atoms with van der Waals surface area (Å²) in [6.07, 6.45) is -9.12. The molecule has 0 saturated heterocycles. The van der Waals surface area contributed by atoms with E-state index in [-0.39, 0.29) is 16.3 Å². The zero-order valence-corrected chi connectivity index (χ0v) is 13.3. The second kappa shape index (κ2) is 6.67. The van der Waals surface area contributed by atoms with Gasteiger partial charge in [0.2, 0.25) is 0 Å². The normalized spacial score (nSPS) is 18.9. The Balaban J connectivity index is 2.68. The summed E-state index contributed by atoms with van der Waals surface area (Å²) in [5.74, 6) is -5.36. The molecule has 0 N–H and O–H groups in total. The molecule has 1 heterocycles. The molecule has 25 heavy (non-hydrogen) atoms. The number of allylic oxidation sites excluding steroid dienone is 4. The standard InChI is InChI=1S/C16H10ClF6NO/c1-8-2-7-11(14(25)16(21,22)23)12(15(18,19)20)13(24-8)9-3-5-10(17)6-4-9/h2-7,12H,1H3. The van der Waals surface area contributed by atoms with Crippen molar-refractivity contribution in [3.8, 4) is 0 Å². The number of Topliss-reactive ketones (excluding diaryl/α,β-unsaturated/α-hetero) is 1. The predicted octanol–water partition coefficient (Wildman–Crippen LogP) is 5.28. The minimum absolute atomic E-state index is 0.0316. The second-order valence-corrected chi connectivity index (χ2v) is 5.67. The summed E-state index contributed by atoms with van der Waals surface area (Å²) in [5, 5.41) is 0.232. The number of carbonyl (C=O) groups excluding carboxylic acids is 1. The number of alkyl halides is 6. The van der Waals surface area contributed by atoms with Gasteiger partial charge < -0.3 is 0 Å². The van der Waals surface area contributed by atoms with Crippen LogP contribution in [0.5, 0.6) is 0 Å². The van der Waals surface area contributed by atoms with Crippen LogP contribution < -0.4 is 0 Å². The number of nitrogens with zero attached hydrogens (tertiary/aromatic N) is 1. The molecule has 1 aliphatic rings. The number of aliphatic imine (C=N–C) groups is 1. The summed E-state index contributed by atoms with van der Waals surface area (Å²) in [4.78, 5) is 15.3. The average Bonchev–Trinajstić information content (AvgIpc) is 2.65. The quantitative estimate of drug-likeness (QED) is 0.641. The van der Waals surface area contributed by atoms with E-state index in [1.807, 2.05) is 0 Å². The van der Waals surface area contributed by atoms with Crippen LogP contribution in [0, 0.1) is 5.92 Å². The Morgan fingerprint density at radius 2 is 1.60 bits per heavy atom. The van der Waals surface area contributed by atoms with Crippen LogP contribution >= 0.6 is 11.6 Å². The van der Waals surface area contributed by atoms with Gasteiger partial charge in [0.25, 0.3) is 5.78 Å². The first kappa shape index (κ1) is 19.2. The molecule has 9 heteroatoms. The third-order valence-corrected chi connectivity index (χ3v) is 3.62. The summed E-state index contributed by atoms with van der Waals surface area (Å²) >= 11 is 5.69. The van der Waals surface area contributed by atoms with Crippen molar-refractivity contribution < 1.29 is 31.1 Å². The molecule has 1 unspecified atom stereocenters. The number of carbonyl (C=O) groups is 1. The third-order valence-electron chi connectivity index (χ3n) is 3.37.